The molecule has 0 aliphatic rings. The Morgan fingerprint density at radius 1 is 1.06 bits per heavy atom. The number of nitrogens with zero attached hydrogens (tertiary/aromatic N) is 5. The average Bonchev–Trinajstić information content (AvgIpc) is 2.90. The van der Waals surface area contributed by atoms with Gasteiger partial charge in [-0.3, -0.25) is 4.98 Å². The van der Waals surface area contributed by atoms with E-state index in [0.29, 0.717) is 28.8 Å². The number of pyridine rings is 1. The van der Waals surface area contributed by atoms with E-state index in [1.165, 1.54) is 0 Å². The Labute approximate surface area is 103 Å². The van der Waals surface area contributed by atoms with Crippen LogP contribution in [-0.2, 0) is 0 Å². The highest BCUT2D eigenvalue weighted by molar-refractivity contribution is 5.55. The lowest BCUT2D eigenvalue weighted by molar-refractivity contribution is 0.432. The van der Waals surface area contributed by atoms with Gasteiger partial charge < -0.3 is 4.52 Å². The fourth-order valence-electron chi connectivity index (χ4n) is 1.44. The average molecular weight is 239 g/mol. The molecule has 0 amide bonds. The molecule has 18 heavy (non-hydrogen) atoms. The summed E-state index contributed by atoms with van der Waals surface area (Å²) in [6.45, 7) is 1.82. The molecule has 3 heterocycles. The number of rotatable bonds is 2. The molecule has 0 unspecified atom stereocenters. The molecule has 3 rings (SSSR count). The molecule has 0 atom stereocenters. The summed E-state index contributed by atoms with van der Waals surface area (Å²) in [5, 5.41) is 3.88. The van der Waals surface area contributed by atoms with Gasteiger partial charge in [0.15, 0.2) is 0 Å². The molecule has 0 aliphatic heterocycles. The van der Waals surface area contributed by atoms with E-state index in [1.54, 1.807) is 18.6 Å². The van der Waals surface area contributed by atoms with Crippen molar-refractivity contribution in [1.29, 1.82) is 0 Å². The van der Waals surface area contributed by atoms with Crippen molar-refractivity contribution in [3.05, 3.63) is 42.6 Å². The minimum Gasteiger partial charge on any atom is -0.333 e. The van der Waals surface area contributed by atoms with E-state index < -0.39 is 0 Å². The molecule has 3 aromatic heterocycles. The van der Waals surface area contributed by atoms with Gasteiger partial charge in [0, 0.05) is 18.6 Å². The van der Waals surface area contributed by atoms with Crippen molar-refractivity contribution in [3.63, 3.8) is 0 Å². The van der Waals surface area contributed by atoms with Gasteiger partial charge in [-0.05, 0) is 19.1 Å². The fraction of sp³-hybridized carbons (Fsp3) is 0.0833. The third kappa shape index (κ3) is 1.95. The molecule has 0 bridgehead atoms. The second-order valence-corrected chi connectivity index (χ2v) is 3.66. The maximum atomic E-state index is 5.16. The molecule has 0 aromatic carbocycles. The highest BCUT2D eigenvalue weighted by atomic mass is 16.5. The van der Waals surface area contributed by atoms with E-state index in [1.807, 2.05) is 25.1 Å². The third-order valence-electron chi connectivity index (χ3n) is 2.35. The van der Waals surface area contributed by atoms with Gasteiger partial charge in [0.1, 0.15) is 11.5 Å². The summed E-state index contributed by atoms with van der Waals surface area (Å²) < 4.78 is 5.16. The first-order valence-electron chi connectivity index (χ1n) is 5.37. The van der Waals surface area contributed by atoms with Gasteiger partial charge in [0.05, 0.1) is 5.56 Å². The van der Waals surface area contributed by atoms with Crippen LogP contribution in [0.4, 0.5) is 0 Å². The Balaban J connectivity index is 1.97. The van der Waals surface area contributed by atoms with Crippen LogP contribution >= 0.6 is 0 Å². The number of hydrogen-bond acceptors (Lipinski definition) is 6. The van der Waals surface area contributed by atoms with Crippen molar-refractivity contribution >= 4 is 0 Å². The SMILES string of the molecule is Cc1ncc(-c2nc(-c3ccccn3)no2)cn1. The van der Waals surface area contributed by atoms with Gasteiger partial charge in [-0.25, -0.2) is 9.97 Å². The van der Waals surface area contributed by atoms with Crippen LogP contribution < -0.4 is 0 Å². The lowest BCUT2D eigenvalue weighted by Gasteiger charge is -1.93. The van der Waals surface area contributed by atoms with Crippen LogP contribution in [0.25, 0.3) is 23.0 Å². The van der Waals surface area contributed by atoms with E-state index in [-0.39, 0.29) is 0 Å². The van der Waals surface area contributed by atoms with E-state index in [0.717, 1.165) is 0 Å². The summed E-state index contributed by atoms with van der Waals surface area (Å²) in [5.74, 6) is 1.53. The topological polar surface area (TPSA) is 77.6 Å². The van der Waals surface area contributed by atoms with Crippen LogP contribution in [0.2, 0.25) is 0 Å². The monoisotopic (exact) mass is 239 g/mol. The first-order valence-corrected chi connectivity index (χ1v) is 5.37. The second kappa shape index (κ2) is 4.33. The van der Waals surface area contributed by atoms with Crippen LogP contribution in [0.1, 0.15) is 5.82 Å². The van der Waals surface area contributed by atoms with E-state index >= 15 is 0 Å². The second-order valence-electron chi connectivity index (χ2n) is 3.66. The quantitative estimate of drug-likeness (QED) is 0.679. The first-order chi connectivity index (χ1) is 8.83. The molecule has 0 N–H and O–H groups in total. The molecule has 0 aliphatic carbocycles. The zero-order valence-electron chi connectivity index (χ0n) is 9.61. The largest absolute Gasteiger partial charge is 0.333 e. The van der Waals surface area contributed by atoms with Crippen molar-refractivity contribution in [3.8, 4) is 23.0 Å². The van der Waals surface area contributed by atoms with Gasteiger partial charge in [0.25, 0.3) is 5.89 Å². The summed E-state index contributed by atoms with van der Waals surface area (Å²) >= 11 is 0. The van der Waals surface area contributed by atoms with Crippen molar-refractivity contribution in [2.75, 3.05) is 0 Å². The van der Waals surface area contributed by atoms with Crippen LogP contribution in [0.5, 0.6) is 0 Å². The maximum Gasteiger partial charge on any atom is 0.261 e. The zero-order valence-corrected chi connectivity index (χ0v) is 9.61. The smallest absolute Gasteiger partial charge is 0.261 e. The summed E-state index contributed by atoms with van der Waals surface area (Å²) in [4.78, 5) is 16.6. The van der Waals surface area contributed by atoms with Gasteiger partial charge in [-0.15, -0.1) is 0 Å². The van der Waals surface area contributed by atoms with Crippen molar-refractivity contribution in [2.24, 2.45) is 0 Å². The van der Waals surface area contributed by atoms with Crippen LogP contribution in [0.15, 0.2) is 41.3 Å². The molecule has 0 spiro atoms. The Kier molecular flexibility index (Phi) is 2.53. The standard InChI is InChI=1S/C12H9N5O/c1-8-14-6-9(7-15-8)12-16-11(17-18-12)10-4-2-3-5-13-10/h2-7H,1H3. The van der Waals surface area contributed by atoms with Crippen molar-refractivity contribution in [2.45, 2.75) is 6.92 Å². The van der Waals surface area contributed by atoms with Crippen LogP contribution in [0.3, 0.4) is 0 Å². The molecule has 88 valence electrons. The zero-order chi connectivity index (χ0) is 12.4. The van der Waals surface area contributed by atoms with Gasteiger partial charge in [-0.2, -0.15) is 4.98 Å². The molecule has 0 saturated carbocycles. The summed E-state index contributed by atoms with van der Waals surface area (Å²) in [6.07, 6.45) is 4.98. The van der Waals surface area contributed by atoms with Gasteiger partial charge in [-0.1, -0.05) is 11.2 Å². The predicted molar refractivity (Wildman–Crippen MR) is 63.3 cm³/mol. The molecule has 0 radical (unpaired) electrons. The van der Waals surface area contributed by atoms with E-state index in [4.69, 9.17) is 4.52 Å². The van der Waals surface area contributed by atoms with E-state index in [9.17, 15) is 0 Å². The normalized spacial score (nSPS) is 10.5. The Bertz CT molecular complexity index is 648. The highest BCUT2D eigenvalue weighted by Gasteiger charge is 2.11. The minimum atomic E-state index is 0.385. The molecular formula is C12H9N5O. The molecular weight excluding hydrogens is 230 g/mol. The molecule has 6 nitrogen and oxygen atoms in total. The molecule has 6 heteroatoms. The molecule has 3 aromatic rings. The van der Waals surface area contributed by atoms with Crippen LogP contribution in [0, 0.1) is 6.92 Å². The third-order valence-corrected chi connectivity index (χ3v) is 2.35. The lowest BCUT2D eigenvalue weighted by Crippen LogP contribution is -1.88. The van der Waals surface area contributed by atoms with Crippen molar-refractivity contribution < 1.29 is 4.52 Å². The fourth-order valence-corrected chi connectivity index (χ4v) is 1.44. The maximum absolute atomic E-state index is 5.16. The predicted octanol–water partition coefficient (Wildman–Crippen LogP) is 1.90. The van der Waals surface area contributed by atoms with Crippen LogP contribution in [-0.4, -0.2) is 25.1 Å². The summed E-state index contributed by atoms with van der Waals surface area (Å²) in [7, 11) is 0. The summed E-state index contributed by atoms with van der Waals surface area (Å²) in [5.41, 5.74) is 1.36. The molecule has 0 saturated heterocycles. The Hall–Kier alpha value is -2.63. The van der Waals surface area contributed by atoms with Gasteiger partial charge in [0.2, 0.25) is 5.82 Å². The number of aromatic nitrogens is 5. The Morgan fingerprint density at radius 3 is 2.61 bits per heavy atom. The number of hydrogen-bond donors (Lipinski definition) is 0. The lowest BCUT2D eigenvalue weighted by atomic mass is 10.3. The summed E-state index contributed by atoms with van der Waals surface area (Å²) in [6, 6.07) is 5.52. The highest BCUT2D eigenvalue weighted by Crippen LogP contribution is 2.19. The number of aryl methyl sites for hydroxylation is 1. The minimum absolute atomic E-state index is 0.385. The Morgan fingerprint density at radius 2 is 1.89 bits per heavy atom. The van der Waals surface area contributed by atoms with E-state index in [2.05, 4.69) is 25.1 Å². The first kappa shape index (κ1) is 10.5. The van der Waals surface area contributed by atoms with Crippen molar-refractivity contribution in [1.82, 2.24) is 25.1 Å². The molecule has 0 fully saturated rings. The van der Waals surface area contributed by atoms with Gasteiger partial charge >= 0.3 is 0 Å².